The number of hydrogen-bond acceptors (Lipinski definition) is 6. The maximum Gasteiger partial charge on any atom is 0.222 e. The summed E-state index contributed by atoms with van der Waals surface area (Å²) in [6.45, 7) is 5.95. The number of amides is 1. The molecule has 0 N–H and O–H groups in total. The minimum absolute atomic E-state index is 0.00989. The largest absolute Gasteiger partial charge is 0.493 e. The Morgan fingerprint density at radius 1 is 1.05 bits per heavy atom. The highest BCUT2D eigenvalue weighted by Crippen LogP contribution is 2.64. The molecule has 0 radical (unpaired) electrons. The number of benzene rings is 2. The summed E-state index contributed by atoms with van der Waals surface area (Å²) < 4.78 is 12.8. The molecule has 0 aromatic heterocycles. The van der Waals surface area contributed by atoms with Gasteiger partial charge < -0.3 is 14.4 Å². The molecule has 4 aliphatic rings. The molecule has 2 aromatic carbocycles. The molecule has 2 aromatic rings. The van der Waals surface area contributed by atoms with Crippen LogP contribution in [0.1, 0.15) is 93.1 Å². The van der Waals surface area contributed by atoms with Crippen molar-refractivity contribution in [1.82, 2.24) is 9.80 Å². The number of unbranched alkanes of at least 4 members (excludes halogenated alkanes) is 2. The fraction of sp³-hybridized carbons (Fsp3) is 0.583. The van der Waals surface area contributed by atoms with Crippen molar-refractivity contribution in [2.45, 2.75) is 102 Å². The molecule has 2 bridgehead atoms. The second kappa shape index (κ2) is 12.4. The van der Waals surface area contributed by atoms with Crippen LogP contribution in [0, 0.1) is 5.92 Å². The van der Waals surface area contributed by atoms with E-state index in [-0.39, 0.29) is 35.0 Å². The van der Waals surface area contributed by atoms with Gasteiger partial charge in [-0.1, -0.05) is 49.7 Å². The highest BCUT2D eigenvalue weighted by Gasteiger charge is 2.66. The number of piperidine rings is 1. The lowest BCUT2D eigenvalue weighted by atomic mass is 9.51. The van der Waals surface area contributed by atoms with Crippen LogP contribution >= 0.6 is 0 Å². The highest BCUT2D eigenvalue weighted by molar-refractivity contribution is 5.96. The third-order valence-corrected chi connectivity index (χ3v) is 10.6. The molecular formula is C36H46N2O5. The SMILES string of the molecule is CCCCN(C(=O)CCCCC(=O)c1ccccc1)[C@@H]1CC[C@H]2[C@H]3Cc4ccc(OC)c5c4[C@@]2(CCN3CC(C)=O)[C@H]1O5. The first kappa shape index (κ1) is 29.9. The second-order valence-corrected chi connectivity index (χ2v) is 13.1. The quantitative estimate of drug-likeness (QED) is 0.219. The molecule has 7 nitrogen and oxygen atoms in total. The normalized spacial score (nSPS) is 26.8. The van der Waals surface area contributed by atoms with Gasteiger partial charge in [0.25, 0.3) is 0 Å². The van der Waals surface area contributed by atoms with Crippen LogP contribution in [0.5, 0.6) is 11.5 Å². The van der Waals surface area contributed by atoms with Gasteiger partial charge in [0.05, 0.1) is 19.7 Å². The van der Waals surface area contributed by atoms with Crippen molar-refractivity contribution in [3.05, 3.63) is 59.2 Å². The van der Waals surface area contributed by atoms with Crippen molar-refractivity contribution >= 4 is 17.5 Å². The van der Waals surface area contributed by atoms with Crippen molar-refractivity contribution in [1.29, 1.82) is 0 Å². The highest BCUT2D eigenvalue weighted by atomic mass is 16.5. The van der Waals surface area contributed by atoms with E-state index in [4.69, 9.17) is 9.47 Å². The van der Waals surface area contributed by atoms with Gasteiger partial charge in [0, 0.05) is 42.0 Å². The topological polar surface area (TPSA) is 76.2 Å². The van der Waals surface area contributed by atoms with E-state index in [0.29, 0.717) is 44.2 Å². The van der Waals surface area contributed by atoms with Gasteiger partial charge in [-0.2, -0.15) is 0 Å². The molecule has 1 spiro atoms. The minimum atomic E-state index is -0.175. The van der Waals surface area contributed by atoms with Gasteiger partial charge in [0.2, 0.25) is 5.91 Å². The van der Waals surface area contributed by atoms with Crippen molar-refractivity contribution in [3.8, 4) is 11.5 Å². The molecule has 7 heteroatoms. The second-order valence-electron chi connectivity index (χ2n) is 13.1. The van der Waals surface area contributed by atoms with Crippen LogP contribution in [0.15, 0.2) is 42.5 Å². The maximum absolute atomic E-state index is 14.0. The van der Waals surface area contributed by atoms with E-state index in [2.05, 4.69) is 22.8 Å². The van der Waals surface area contributed by atoms with E-state index >= 15 is 0 Å². The number of nitrogens with zero attached hydrogens (tertiary/aromatic N) is 2. The molecule has 1 saturated heterocycles. The van der Waals surface area contributed by atoms with Crippen LogP contribution in [0.4, 0.5) is 0 Å². The third kappa shape index (κ3) is 5.28. The summed E-state index contributed by atoms with van der Waals surface area (Å²) >= 11 is 0. The summed E-state index contributed by atoms with van der Waals surface area (Å²) in [5, 5.41) is 0. The van der Waals surface area contributed by atoms with E-state index < -0.39 is 0 Å². The lowest BCUT2D eigenvalue weighted by molar-refractivity contribution is -0.143. The smallest absolute Gasteiger partial charge is 0.222 e. The van der Waals surface area contributed by atoms with Gasteiger partial charge in [0.15, 0.2) is 17.3 Å². The summed E-state index contributed by atoms with van der Waals surface area (Å²) in [7, 11) is 1.71. The van der Waals surface area contributed by atoms with Gasteiger partial charge in [0.1, 0.15) is 11.9 Å². The Hall–Kier alpha value is -3.19. The zero-order chi connectivity index (χ0) is 30.1. The summed E-state index contributed by atoms with van der Waals surface area (Å²) in [6, 6.07) is 13.9. The van der Waals surface area contributed by atoms with Gasteiger partial charge in [-0.05, 0) is 76.0 Å². The Labute approximate surface area is 255 Å². The van der Waals surface area contributed by atoms with Crippen molar-refractivity contribution < 1.29 is 23.9 Å². The average molecular weight is 587 g/mol. The first-order valence-electron chi connectivity index (χ1n) is 16.4. The molecule has 1 saturated carbocycles. The molecule has 5 atom stereocenters. The van der Waals surface area contributed by atoms with E-state index in [1.807, 2.05) is 36.4 Å². The van der Waals surface area contributed by atoms with Crippen LogP contribution in [-0.2, 0) is 21.4 Å². The molecule has 2 heterocycles. The summed E-state index contributed by atoms with van der Waals surface area (Å²) in [5.74, 6) is 2.57. The van der Waals surface area contributed by atoms with E-state index in [1.165, 1.54) is 11.1 Å². The summed E-state index contributed by atoms with van der Waals surface area (Å²) in [4.78, 5) is 43.3. The lowest BCUT2D eigenvalue weighted by Crippen LogP contribution is -2.69. The van der Waals surface area contributed by atoms with Crippen LogP contribution in [0.25, 0.3) is 0 Å². The summed E-state index contributed by atoms with van der Waals surface area (Å²) in [6.07, 6.45) is 7.92. The predicted molar refractivity (Wildman–Crippen MR) is 166 cm³/mol. The van der Waals surface area contributed by atoms with E-state index in [0.717, 1.165) is 68.7 Å². The Kier molecular flexibility index (Phi) is 8.63. The predicted octanol–water partition coefficient (Wildman–Crippen LogP) is 5.76. The maximum atomic E-state index is 14.0. The molecule has 2 aliphatic carbocycles. The molecule has 2 fully saturated rings. The number of Topliss-reactive ketones (excluding diaryl/α,β-unsaturated/α-hetero) is 2. The van der Waals surface area contributed by atoms with Crippen LogP contribution in [0.2, 0.25) is 0 Å². The zero-order valence-electron chi connectivity index (χ0n) is 26.0. The number of rotatable bonds is 13. The van der Waals surface area contributed by atoms with Crippen LogP contribution in [-0.4, -0.2) is 72.2 Å². The standard InChI is InChI=1S/C36H46N2O5/c1-4-5-20-38(32(41)14-10-9-13-30(40)25-11-7-6-8-12-25)28-17-16-27-29-22-26-15-18-31(42-3)34-33(26)36(27,35(28)43-34)19-21-37(29)23-24(2)39/h6-8,11-12,15,18,27-29,35H,4-5,9-10,13-14,16-17,19-23H2,1-3H3/t27-,28+,29+,35-,36-/m0/s1. The van der Waals surface area contributed by atoms with E-state index in [1.54, 1.807) is 14.0 Å². The first-order chi connectivity index (χ1) is 20.9. The third-order valence-electron chi connectivity index (χ3n) is 10.6. The fourth-order valence-corrected chi connectivity index (χ4v) is 8.83. The summed E-state index contributed by atoms with van der Waals surface area (Å²) in [5.41, 5.74) is 3.18. The number of carbonyl (C=O) groups is 3. The molecule has 230 valence electrons. The average Bonchev–Trinajstić information content (AvgIpc) is 3.36. The van der Waals surface area contributed by atoms with Crippen LogP contribution < -0.4 is 9.47 Å². The van der Waals surface area contributed by atoms with Gasteiger partial charge >= 0.3 is 0 Å². The fourth-order valence-electron chi connectivity index (χ4n) is 8.83. The Morgan fingerprint density at radius 3 is 2.58 bits per heavy atom. The number of ether oxygens (including phenoxy) is 2. The molecule has 2 aliphatic heterocycles. The van der Waals surface area contributed by atoms with E-state index in [9.17, 15) is 14.4 Å². The molecule has 43 heavy (non-hydrogen) atoms. The number of hydrogen-bond donors (Lipinski definition) is 0. The van der Waals surface area contributed by atoms with Crippen molar-refractivity contribution in [2.24, 2.45) is 5.92 Å². The number of ketones is 2. The lowest BCUT2D eigenvalue weighted by Gasteiger charge is -2.60. The monoisotopic (exact) mass is 586 g/mol. The molecule has 1 amide bonds. The molecule has 6 rings (SSSR count). The Balaban J connectivity index is 1.24. The van der Waals surface area contributed by atoms with Crippen LogP contribution in [0.3, 0.4) is 0 Å². The molecular weight excluding hydrogens is 540 g/mol. The van der Waals surface area contributed by atoms with Crippen molar-refractivity contribution in [2.75, 3.05) is 26.7 Å². The Bertz CT molecular complexity index is 1360. The van der Waals surface area contributed by atoms with Crippen molar-refractivity contribution in [3.63, 3.8) is 0 Å². The van der Waals surface area contributed by atoms with Gasteiger partial charge in [-0.15, -0.1) is 0 Å². The zero-order valence-corrected chi connectivity index (χ0v) is 26.0. The first-order valence-corrected chi connectivity index (χ1v) is 16.4. The Morgan fingerprint density at radius 2 is 1.84 bits per heavy atom. The number of methoxy groups -OCH3 is 1. The number of carbonyl (C=O) groups excluding carboxylic acids is 3. The minimum Gasteiger partial charge on any atom is -0.493 e. The van der Waals surface area contributed by atoms with Gasteiger partial charge in [-0.3, -0.25) is 19.3 Å². The van der Waals surface area contributed by atoms with Gasteiger partial charge in [-0.25, -0.2) is 0 Å². The molecule has 0 unspecified atom stereocenters. The number of likely N-dealkylation sites (tertiary alicyclic amines) is 1.